The van der Waals surface area contributed by atoms with Gasteiger partial charge in [0.2, 0.25) is 10.0 Å². The number of aromatic nitrogens is 1. The summed E-state index contributed by atoms with van der Waals surface area (Å²) in [5, 5.41) is 2.76. The number of carbonyl (C=O) groups is 1. The second-order valence-corrected chi connectivity index (χ2v) is 7.26. The number of nitrogens with zero attached hydrogens (tertiary/aromatic N) is 2. The number of hydrogen-bond donors (Lipinski definition) is 1. The number of oxazole rings is 1. The number of carbonyl (C=O) groups excluding carboxylic acids is 1. The van der Waals surface area contributed by atoms with Crippen molar-refractivity contribution >= 4 is 15.9 Å². The van der Waals surface area contributed by atoms with Gasteiger partial charge < -0.3 is 9.73 Å². The molecule has 118 valence electrons. The first kappa shape index (κ1) is 16.0. The van der Waals surface area contributed by atoms with Crippen LogP contribution in [-0.4, -0.2) is 49.0 Å². The SMILES string of the molecule is Cc1ocnc1C(=O)NCC[C@@H]1CCCCN1S(C)(=O)=O. The van der Waals surface area contributed by atoms with Gasteiger partial charge in [0.25, 0.3) is 5.91 Å². The van der Waals surface area contributed by atoms with E-state index in [0.29, 0.717) is 25.3 Å². The maximum absolute atomic E-state index is 11.9. The lowest BCUT2D eigenvalue weighted by Crippen LogP contribution is -2.44. The molecule has 2 rings (SSSR count). The van der Waals surface area contributed by atoms with E-state index in [1.807, 2.05) is 0 Å². The summed E-state index contributed by atoms with van der Waals surface area (Å²) in [6, 6.07) is -0.0348. The fourth-order valence-electron chi connectivity index (χ4n) is 2.66. The van der Waals surface area contributed by atoms with E-state index in [9.17, 15) is 13.2 Å². The van der Waals surface area contributed by atoms with Crippen LogP contribution in [0.15, 0.2) is 10.8 Å². The van der Waals surface area contributed by atoms with Crippen molar-refractivity contribution in [1.29, 1.82) is 0 Å². The molecule has 1 amide bonds. The predicted molar refractivity (Wildman–Crippen MR) is 77.4 cm³/mol. The van der Waals surface area contributed by atoms with E-state index >= 15 is 0 Å². The molecule has 1 atom stereocenters. The van der Waals surface area contributed by atoms with Crippen LogP contribution >= 0.6 is 0 Å². The molecule has 1 aliphatic rings. The largest absolute Gasteiger partial charge is 0.448 e. The van der Waals surface area contributed by atoms with Crippen LogP contribution in [0.3, 0.4) is 0 Å². The van der Waals surface area contributed by atoms with Crippen LogP contribution in [0, 0.1) is 6.92 Å². The smallest absolute Gasteiger partial charge is 0.273 e. The lowest BCUT2D eigenvalue weighted by atomic mass is 10.0. The highest BCUT2D eigenvalue weighted by Gasteiger charge is 2.29. The first-order valence-corrected chi connectivity index (χ1v) is 8.89. The Bertz CT molecular complexity index is 596. The van der Waals surface area contributed by atoms with Gasteiger partial charge in [-0.1, -0.05) is 6.42 Å². The maximum Gasteiger partial charge on any atom is 0.273 e. The molecule has 1 aromatic rings. The van der Waals surface area contributed by atoms with Gasteiger partial charge in [-0.05, 0) is 26.2 Å². The van der Waals surface area contributed by atoms with Gasteiger partial charge in [-0.2, -0.15) is 4.31 Å². The summed E-state index contributed by atoms with van der Waals surface area (Å²) in [5.41, 5.74) is 0.276. The standard InChI is InChI=1S/C13H21N3O4S/c1-10-12(15-9-20-10)13(17)14-7-6-11-5-3-4-8-16(11)21(2,18)19/h9,11H,3-8H2,1-2H3,(H,14,17)/t11-/m0/s1. The number of sulfonamides is 1. The van der Waals surface area contributed by atoms with Gasteiger partial charge in [0.15, 0.2) is 12.1 Å². The zero-order chi connectivity index (χ0) is 15.5. The Hall–Kier alpha value is -1.41. The zero-order valence-electron chi connectivity index (χ0n) is 12.3. The van der Waals surface area contributed by atoms with E-state index in [-0.39, 0.29) is 17.6 Å². The summed E-state index contributed by atoms with van der Waals surface area (Å²) < 4.78 is 30.0. The number of piperidine rings is 1. The molecule has 21 heavy (non-hydrogen) atoms. The van der Waals surface area contributed by atoms with Gasteiger partial charge in [0.1, 0.15) is 5.76 Å². The third-order valence-electron chi connectivity index (χ3n) is 3.72. The minimum absolute atomic E-state index is 0.0348. The highest BCUT2D eigenvalue weighted by molar-refractivity contribution is 7.88. The summed E-state index contributed by atoms with van der Waals surface area (Å²) in [6.07, 6.45) is 5.84. The van der Waals surface area contributed by atoms with Crippen LogP contribution in [0.4, 0.5) is 0 Å². The predicted octanol–water partition coefficient (Wildman–Crippen LogP) is 0.917. The molecule has 0 unspecified atom stereocenters. The minimum atomic E-state index is -3.18. The van der Waals surface area contributed by atoms with Crippen molar-refractivity contribution in [3.8, 4) is 0 Å². The fraction of sp³-hybridized carbons (Fsp3) is 0.692. The molecular formula is C13H21N3O4S. The molecule has 1 aromatic heterocycles. The van der Waals surface area contributed by atoms with Gasteiger partial charge in [0.05, 0.1) is 6.26 Å². The van der Waals surface area contributed by atoms with Crippen LogP contribution < -0.4 is 5.32 Å². The summed E-state index contributed by atoms with van der Waals surface area (Å²) in [7, 11) is -3.18. The molecule has 2 heterocycles. The second-order valence-electron chi connectivity index (χ2n) is 5.33. The monoisotopic (exact) mass is 315 g/mol. The number of rotatable bonds is 5. The third-order valence-corrected chi connectivity index (χ3v) is 5.05. The Morgan fingerprint density at radius 2 is 2.29 bits per heavy atom. The van der Waals surface area contributed by atoms with E-state index in [2.05, 4.69) is 10.3 Å². The molecule has 0 aliphatic carbocycles. The van der Waals surface area contributed by atoms with Crippen LogP contribution in [0.1, 0.15) is 41.9 Å². The summed E-state index contributed by atoms with van der Waals surface area (Å²) >= 11 is 0. The highest BCUT2D eigenvalue weighted by Crippen LogP contribution is 2.21. The minimum Gasteiger partial charge on any atom is -0.448 e. The van der Waals surface area contributed by atoms with E-state index < -0.39 is 10.0 Å². The van der Waals surface area contributed by atoms with Crippen molar-refractivity contribution in [2.75, 3.05) is 19.3 Å². The fourth-order valence-corrected chi connectivity index (χ4v) is 3.87. The van der Waals surface area contributed by atoms with Gasteiger partial charge in [0, 0.05) is 19.1 Å². The van der Waals surface area contributed by atoms with E-state index in [4.69, 9.17) is 4.42 Å². The Morgan fingerprint density at radius 3 is 2.90 bits per heavy atom. The molecule has 8 heteroatoms. The topological polar surface area (TPSA) is 92.5 Å². The Balaban J connectivity index is 1.87. The van der Waals surface area contributed by atoms with E-state index in [1.54, 1.807) is 11.2 Å². The van der Waals surface area contributed by atoms with Crippen molar-refractivity contribution in [3.05, 3.63) is 17.8 Å². The molecule has 0 spiro atoms. The number of hydrogen-bond acceptors (Lipinski definition) is 5. The van der Waals surface area contributed by atoms with Gasteiger partial charge in [-0.15, -0.1) is 0 Å². The first-order chi connectivity index (χ1) is 9.89. The lowest BCUT2D eigenvalue weighted by Gasteiger charge is -2.33. The average molecular weight is 315 g/mol. The molecule has 1 fully saturated rings. The Labute approximate surface area is 124 Å². The van der Waals surface area contributed by atoms with E-state index in [0.717, 1.165) is 19.3 Å². The van der Waals surface area contributed by atoms with Crippen LogP contribution in [0.2, 0.25) is 0 Å². The summed E-state index contributed by atoms with van der Waals surface area (Å²) in [4.78, 5) is 15.7. The maximum atomic E-state index is 11.9. The van der Waals surface area contributed by atoms with Crippen LogP contribution in [-0.2, 0) is 10.0 Å². The van der Waals surface area contributed by atoms with Crippen LogP contribution in [0.5, 0.6) is 0 Å². The van der Waals surface area contributed by atoms with Crippen molar-refractivity contribution in [2.24, 2.45) is 0 Å². The molecule has 1 aliphatic heterocycles. The van der Waals surface area contributed by atoms with Gasteiger partial charge in [-0.3, -0.25) is 4.79 Å². The molecule has 0 bridgehead atoms. The highest BCUT2D eigenvalue weighted by atomic mass is 32.2. The molecule has 0 saturated carbocycles. The molecule has 1 N–H and O–H groups in total. The number of aryl methyl sites for hydroxylation is 1. The van der Waals surface area contributed by atoms with E-state index in [1.165, 1.54) is 12.6 Å². The molecule has 0 aromatic carbocycles. The zero-order valence-corrected chi connectivity index (χ0v) is 13.1. The number of amides is 1. The molecule has 1 saturated heterocycles. The third kappa shape index (κ3) is 4.04. The molecule has 0 radical (unpaired) electrons. The average Bonchev–Trinajstić information content (AvgIpc) is 2.84. The van der Waals surface area contributed by atoms with Crippen LogP contribution in [0.25, 0.3) is 0 Å². The van der Waals surface area contributed by atoms with Crippen molar-refractivity contribution in [2.45, 2.75) is 38.6 Å². The van der Waals surface area contributed by atoms with Crippen molar-refractivity contribution < 1.29 is 17.6 Å². The second kappa shape index (κ2) is 6.57. The quantitative estimate of drug-likeness (QED) is 0.872. The summed E-state index contributed by atoms with van der Waals surface area (Å²) in [5.74, 6) is 0.186. The normalized spacial score (nSPS) is 20.4. The van der Waals surface area contributed by atoms with Crippen molar-refractivity contribution in [3.63, 3.8) is 0 Å². The Morgan fingerprint density at radius 1 is 1.52 bits per heavy atom. The van der Waals surface area contributed by atoms with Gasteiger partial charge >= 0.3 is 0 Å². The lowest BCUT2D eigenvalue weighted by molar-refractivity contribution is 0.0943. The number of nitrogens with one attached hydrogen (secondary N) is 1. The first-order valence-electron chi connectivity index (χ1n) is 7.04. The van der Waals surface area contributed by atoms with Gasteiger partial charge in [-0.25, -0.2) is 13.4 Å². The summed E-state index contributed by atoms with van der Waals surface area (Å²) in [6.45, 7) is 2.66. The van der Waals surface area contributed by atoms with Crippen molar-refractivity contribution in [1.82, 2.24) is 14.6 Å². The molecule has 7 nitrogen and oxygen atoms in total. The Kier molecular flexibility index (Phi) is 5.00. The molecular weight excluding hydrogens is 294 g/mol.